The van der Waals surface area contributed by atoms with Crippen LogP contribution in [0, 0.1) is 17.3 Å². The first kappa shape index (κ1) is 21.1. The lowest BCUT2D eigenvalue weighted by Crippen LogP contribution is -2.63. The van der Waals surface area contributed by atoms with Crippen LogP contribution in [0.5, 0.6) is 0 Å². The number of aliphatic hydroxyl groups is 2. The molecule has 0 bridgehead atoms. The van der Waals surface area contributed by atoms with Crippen LogP contribution in [-0.2, 0) is 5.60 Å². The van der Waals surface area contributed by atoms with E-state index in [1.807, 2.05) is 18.2 Å². The van der Waals surface area contributed by atoms with Crippen molar-refractivity contribution in [2.75, 3.05) is 20.1 Å². The van der Waals surface area contributed by atoms with Crippen LogP contribution in [0.1, 0.15) is 68.2 Å². The average Bonchev–Trinajstić information content (AvgIpc) is 2.69. The van der Waals surface area contributed by atoms with Crippen molar-refractivity contribution in [3.8, 4) is 11.8 Å². The minimum absolute atomic E-state index is 0.332. The van der Waals surface area contributed by atoms with Crippen molar-refractivity contribution in [1.29, 1.82) is 0 Å². The lowest BCUT2D eigenvalue weighted by Gasteiger charge is -2.55. The van der Waals surface area contributed by atoms with Gasteiger partial charge >= 0.3 is 0 Å². The molecule has 4 rings (SSSR count). The van der Waals surface area contributed by atoms with Crippen molar-refractivity contribution in [1.82, 2.24) is 9.88 Å². The van der Waals surface area contributed by atoms with Gasteiger partial charge in [-0.05, 0) is 49.4 Å². The second kappa shape index (κ2) is 7.50. The first-order valence-corrected chi connectivity index (χ1v) is 10.9. The van der Waals surface area contributed by atoms with E-state index in [1.54, 1.807) is 12.4 Å². The number of pyridine rings is 1. The summed E-state index contributed by atoms with van der Waals surface area (Å²) >= 11 is 0. The highest BCUT2D eigenvalue weighted by Gasteiger charge is 2.55. The molecule has 1 saturated heterocycles. The van der Waals surface area contributed by atoms with Crippen LogP contribution in [-0.4, -0.2) is 45.8 Å². The van der Waals surface area contributed by atoms with Crippen LogP contribution < -0.4 is 0 Å². The maximum absolute atomic E-state index is 12.2. The van der Waals surface area contributed by atoms with E-state index < -0.39 is 11.2 Å². The number of nitrogens with zero attached hydrogens (tertiary/aromatic N) is 2. The Labute approximate surface area is 180 Å². The number of hydrogen-bond acceptors (Lipinski definition) is 4. The van der Waals surface area contributed by atoms with Crippen LogP contribution in [0.3, 0.4) is 0 Å². The number of rotatable bonds is 4. The summed E-state index contributed by atoms with van der Waals surface area (Å²) in [6, 6.07) is 10.3. The quantitative estimate of drug-likeness (QED) is 0.764. The topological polar surface area (TPSA) is 56.6 Å². The Bertz CT molecular complexity index is 976. The van der Waals surface area contributed by atoms with Gasteiger partial charge in [-0.25, -0.2) is 0 Å². The molecule has 0 radical (unpaired) electrons. The van der Waals surface area contributed by atoms with Crippen molar-refractivity contribution in [2.24, 2.45) is 5.41 Å². The van der Waals surface area contributed by atoms with E-state index >= 15 is 0 Å². The fourth-order valence-electron chi connectivity index (χ4n) is 4.88. The van der Waals surface area contributed by atoms with Crippen molar-refractivity contribution in [2.45, 2.75) is 57.2 Å². The van der Waals surface area contributed by atoms with Crippen LogP contribution in [0.2, 0.25) is 0 Å². The van der Waals surface area contributed by atoms with E-state index in [2.05, 4.69) is 61.7 Å². The molecule has 0 amide bonds. The summed E-state index contributed by atoms with van der Waals surface area (Å²) in [6.45, 7) is 8.08. The Hall–Kier alpha value is -2.19. The molecule has 0 spiro atoms. The zero-order valence-corrected chi connectivity index (χ0v) is 18.4. The first-order chi connectivity index (χ1) is 14.2. The fraction of sp³-hybridized carbons (Fsp3) is 0.500. The molecular weight excluding hydrogens is 372 g/mol. The van der Waals surface area contributed by atoms with E-state index in [-0.39, 0.29) is 5.41 Å². The van der Waals surface area contributed by atoms with Gasteiger partial charge in [-0.2, -0.15) is 0 Å². The van der Waals surface area contributed by atoms with E-state index in [4.69, 9.17) is 0 Å². The van der Waals surface area contributed by atoms with Crippen LogP contribution in [0.4, 0.5) is 0 Å². The summed E-state index contributed by atoms with van der Waals surface area (Å²) in [5.41, 5.74) is 1.25. The maximum Gasteiger partial charge on any atom is 0.125 e. The van der Waals surface area contributed by atoms with Crippen LogP contribution >= 0.6 is 0 Å². The summed E-state index contributed by atoms with van der Waals surface area (Å²) in [5.74, 6) is 6.53. The molecule has 0 unspecified atom stereocenters. The molecule has 2 N–H and O–H groups in total. The second-order valence-electron chi connectivity index (χ2n) is 9.82. The molecule has 1 aromatic heterocycles. The van der Waals surface area contributed by atoms with Gasteiger partial charge in [0, 0.05) is 42.0 Å². The molecule has 2 aliphatic rings. The van der Waals surface area contributed by atoms with Crippen molar-refractivity contribution in [3.05, 3.63) is 65.0 Å². The third-order valence-electron chi connectivity index (χ3n) is 6.88. The maximum atomic E-state index is 12.2. The largest absolute Gasteiger partial charge is 0.380 e. The van der Waals surface area contributed by atoms with Crippen LogP contribution in [0.25, 0.3) is 0 Å². The van der Waals surface area contributed by atoms with Gasteiger partial charge in [0.25, 0.3) is 0 Å². The minimum atomic E-state index is -1.17. The Morgan fingerprint density at radius 2 is 1.77 bits per heavy atom. The molecule has 1 aliphatic carbocycles. The monoisotopic (exact) mass is 404 g/mol. The highest BCUT2D eigenvalue weighted by molar-refractivity contribution is 5.45. The Kier molecular flexibility index (Phi) is 5.26. The molecule has 1 atom stereocenters. The highest BCUT2D eigenvalue weighted by Crippen LogP contribution is 2.50. The van der Waals surface area contributed by atoms with Gasteiger partial charge in [0.2, 0.25) is 0 Å². The molecule has 1 aromatic carbocycles. The van der Waals surface area contributed by atoms with Crippen molar-refractivity contribution >= 4 is 0 Å². The summed E-state index contributed by atoms with van der Waals surface area (Å²) in [5, 5.41) is 22.5. The molecule has 1 aliphatic heterocycles. The van der Waals surface area contributed by atoms with Crippen molar-refractivity contribution in [3.63, 3.8) is 0 Å². The molecule has 4 heteroatoms. The van der Waals surface area contributed by atoms with E-state index in [0.717, 1.165) is 49.0 Å². The molecule has 1 saturated carbocycles. The SMILES string of the molecule is CC(C)c1ccc([C@](O)(c2cncc(C#CC3(O)CCC3)c2)C2(C)CN(C)C2)cc1. The van der Waals surface area contributed by atoms with Gasteiger partial charge in [-0.3, -0.25) is 4.98 Å². The zero-order valence-electron chi connectivity index (χ0n) is 18.4. The van der Waals surface area contributed by atoms with Gasteiger partial charge in [0.05, 0.1) is 0 Å². The second-order valence-corrected chi connectivity index (χ2v) is 9.82. The van der Waals surface area contributed by atoms with Gasteiger partial charge in [0.1, 0.15) is 11.2 Å². The molecule has 158 valence electrons. The van der Waals surface area contributed by atoms with Gasteiger partial charge in [0.15, 0.2) is 0 Å². The summed E-state index contributed by atoms with van der Waals surface area (Å²) < 4.78 is 0. The third kappa shape index (κ3) is 3.56. The number of hydrogen-bond donors (Lipinski definition) is 2. The molecular formula is C26H32N2O2. The number of benzene rings is 1. The third-order valence-corrected chi connectivity index (χ3v) is 6.88. The zero-order chi connectivity index (χ0) is 21.6. The van der Waals surface area contributed by atoms with E-state index in [1.165, 1.54) is 5.56 Å². The molecule has 30 heavy (non-hydrogen) atoms. The predicted molar refractivity (Wildman–Crippen MR) is 119 cm³/mol. The molecule has 2 fully saturated rings. The highest BCUT2D eigenvalue weighted by atomic mass is 16.3. The normalized spacial score (nSPS) is 21.7. The Morgan fingerprint density at radius 3 is 2.30 bits per heavy atom. The predicted octanol–water partition coefficient (Wildman–Crippen LogP) is 3.66. The van der Waals surface area contributed by atoms with E-state index in [9.17, 15) is 10.2 Å². The van der Waals surface area contributed by atoms with Gasteiger partial charge in [-0.15, -0.1) is 0 Å². The molecule has 2 aromatic rings. The Morgan fingerprint density at radius 1 is 1.10 bits per heavy atom. The molecule has 4 nitrogen and oxygen atoms in total. The average molecular weight is 405 g/mol. The smallest absolute Gasteiger partial charge is 0.125 e. The lowest BCUT2D eigenvalue weighted by molar-refractivity contribution is -0.127. The first-order valence-electron chi connectivity index (χ1n) is 10.9. The lowest BCUT2D eigenvalue weighted by atomic mass is 9.62. The van der Waals surface area contributed by atoms with Crippen LogP contribution in [0.15, 0.2) is 42.7 Å². The Balaban J connectivity index is 1.76. The molecule has 2 heterocycles. The summed E-state index contributed by atoms with van der Waals surface area (Å²) in [7, 11) is 2.07. The number of aromatic nitrogens is 1. The minimum Gasteiger partial charge on any atom is -0.380 e. The fourth-order valence-corrected chi connectivity index (χ4v) is 4.88. The summed E-state index contributed by atoms with van der Waals surface area (Å²) in [4.78, 5) is 6.62. The van der Waals surface area contributed by atoms with Gasteiger partial charge < -0.3 is 15.1 Å². The number of likely N-dealkylation sites (tertiary alicyclic amines) is 1. The van der Waals surface area contributed by atoms with E-state index in [0.29, 0.717) is 5.92 Å². The standard InChI is InChI=1S/C26H32N2O2/c1-19(2)21-6-8-22(9-7-21)26(30,24(3)17-28(4)18-24)23-14-20(15-27-16-23)10-13-25(29)11-5-12-25/h6-9,14-16,19,29-30H,5,11-12,17-18H2,1-4H3/t26-/m0/s1. The van der Waals surface area contributed by atoms with Gasteiger partial charge in [-0.1, -0.05) is 56.9 Å². The van der Waals surface area contributed by atoms with Crippen molar-refractivity contribution < 1.29 is 10.2 Å². The summed E-state index contributed by atoms with van der Waals surface area (Å²) in [6.07, 6.45) is 5.92.